The largest absolute Gasteiger partial charge is 0.497 e. The van der Waals surface area contributed by atoms with E-state index in [1.165, 1.54) is 11.1 Å². The van der Waals surface area contributed by atoms with E-state index in [2.05, 4.69) is 22.4 Å². The van der Waals surface area contributed by atoms with Crippen molar-refractivity contribution in [2.24, 2.45) is 0 Å². The van der Waals surface area contributed by atoms with Crippen LogP contribution in [0.25, 0.3) is 10.9 Å². The van der Waals surface area contributed by atoms with Crippen LogP contribution in [0, 0.1) is 0 Å². The molecular formula is C14H18N2O2. The number of fused-ring (bicyclic) bond motifs is 1. The van der Waals surface area contributed by atoms with E-state index in [0.29, 0.717) is 6.04 Å². The van der Waals surface area contributed by atoms with E-state index in [9.17, 15) is 0 Å². The molecule has 1 aliphatic rings. The Morgan fingerprint density at radius 2 is 2.39 bits per heavy atom. The lowest BCUT2D eigenvalue weighted by Crippen LogP contribution is -2.28. The van der Waals surface area contributed by atoms with Gasteiger partial charge in [-0.25, -0.2) is 0 Å². The Labute approximate surface area is 106 Å². The van der Waals surface area contributed by atoms with Gasteiger partial charge < -0.3 is 19.8 Å². The molecule has 18 heavy (non-hydrogen) atoms. The van der Waals surface area contributed by atoms with Gasteiger partial charge in [-0.15, -0.1) is 0 Å². The van der Waals surface area contributed by atoms with Crippen LogP contribution >= 0.6 is 0 Å². The van der Waals surface area contributed by atoms with Gasteiger partial charge in [0, 0.05) is 35.8 Å². The highest BCUT2D eigenvalue weighted by molar-refractivity contribution is 5.81. The molecule has 1 aromatic heterocycles. The zero-order chi connectivity index (χ0) is 12.4. The van der Waals surface area contributed by atoms with Crippen molar-refractivity contribution in [1.29, 1.82) is 0 Å². The minimum atomic E-state index is 0.492. The zero-order valence-electron chi connectivity index (χ0n) is 10.5. The van der Waals surface area contributed by atoms with Gasteiger partial charge in [0.05, 0.1) is 13.7 Å². The second kappa shape index (κ2) is 5.00. The fourth-order valence-corrected chi connectivity index (χ4v) is 2.34. The highest BCUT2D eigenvalue weighted by Crippen LogP contribution is 2.21. The predicted molar refractivity (Wildman–Crippen MR) is 70.9 cm³/mol. The van der Waals surface area contributed by atoms with Gasteiger partial charge in [-0.2, -0.15) is 0 Å². The second-order valence-electron chi connectivity index (χ2n) is 4.69. The molecule has 1 atom stereocenters. The van der Waals surface area contributed by atoms with E-state index in [1.807, 2.05) is 12.1 Å². The summed E-state index contributed by atoms with van der Waals surface area (Å²) in [5, 5.41) is 4.69. The predicted octanol–water partition coefficient (Wildman–Crippen LogP) is 2.05. The van der Waals surface area contributed by atoms with Crippen molar-refractivity contribution in [2.45, 2.75) is 19.0 Å². The summed E-state index contributed by atoms with van der Waals surface area (Å²) in [6, 6.07) is 8.73. The standard InChI is InChI=1S/C14H18N2O2/c1-17-13-2-3-14-10(7-13)6-12(16-14)8-15-11-4-5-18-9-11/h2-3,6-7,11,15-16H,4-5,8-9H2,1H3. The monoisotopic (exact) mass is 246 g/mol. The number of aromatic amines is 1. The van der Waals surface area contributed by atoms with E-state index >= 15 is 0 Å². The Kier molecular flexibility index (Phi) is 3.21. The molecule has 1 aliphatic heterocycles. The minimum absolute atomic E-state index is 0.492. The smallest absolute Gasteiger partial charge is 0.119 e. The molecule has 1 aromatic carbocycles. The fourth-order valence-electron chi connectivity index (χ4n) is 2.34. The number of methoxy groups -OCH3 is 1. The van der Waals surface area contributed by atoms with Crippen LogP contribution in [0.2, 0.25) is 0 Å². The summed E-state index contributed by atoms with van der Waals surface area (Å²) >= 11 is 0. The van der Waals surface area contributed by atoms with Crippen molar-refractivity contribution in [3.63, 3.8) is 0 Å². The van der Waals surface area contributed by atoms with Gasteiger partial charge in [0.15, 0.2) is 0 Å². The first-order chi connectivity index (χ1) is 8.85. The number of rotatable bonds is 4. The molecule has 1 unspecified atom stereocenters. The minimum Gasteiger partial charge on any atom is -0.497 e. The Hall–Kier alpha value is -1.52. The summed E-state index contributed by atoms with van der Waals surface area (Å²) in [5.41, 5.74) is 2.35. The van der Waals surface area contributed by atoms with E-state index in [1.54, 1.807) is 7.11 Å². The zero-order valence-corrected chi connectivity index (χ0v) is 10.5. The first-order valence-electron chi connectivity index (χ1n) is 6.32. The number of hydrogen-bond acceptors (Lipinski definition) is 3. The second-order valence-corrected chi connectivity index (χ2v) is 4.69. The molecule has 1 fully saturated rings. The van der Waals surface area contributed by atoms with Crippen molar-refractivity contribution < 1.29 is 9.47 Å². The molecule has 2 heterocycles. The first-order valence-corrected chi connectivity index (χ1v) is 6.32. The summed E-state index contributed by atoms with van der Waals surface area (Å²) in [4.78, 5) is 3.41. The van der Waals surface area contributed by atoms with E-state index < -0.39 is 0 Å². The molecule has 1 saturated heterocycles. The van der Waals surface area contributed by atoms with Crippen LogP contribution in [0.15, 0.2) is 24.3 Å². The van der Waals surface area contributed by atoms with Crippen molar-refractivity contribution in [1.82, 2.24) is 10.3 Å². The molecule has 2 N–H and O–H groups in total. The molecular weight excluding hydrogens is 228 g/mol. The van der Waals surface area contributed by atoms with Gasteiger partial charge in [-0.3, -0.25) is 0 Å². The van der Waals surface area contributed by atoms with Crippen molar-refractivity contribution in [3.8, 4) is 5.75 Å². The van der Waals surface area contributed by atoms with E-state index in [4.69, 9.17) is 9.47 Å². The Morgan fingerprint density at radius 1 is 1.44 bits per heavy atom. The summed E-state index contributed by atoms with van der Waals surface area (Å²) in [7, 11) is 1.69. The number of aromatic nitrogens is 1. The van der Waals surface area contributed by atoms with Gasteiger partial charge in [0.1, 0.15) is 5.75 Å². The Bertz CT molecular complexity index is 530. The third kappa shape index (κ3) is 2.35. The number of nitrogens with one attached hydrogen (secondary N) is 2. The number of ether oxygens (including phenoxy) is 2. The molecule has 0 spiro atoms. The molecule has 0 aliphatic carbocycles. The Balaban J connectivity index is 1.72. The normalized spacial score (nSPS) is 19.5. The lowest BCUT2D eigenvalue weighted by molar-refractivity contribution is 0.189. The van der Waals surface area contributed by atoms with Crippen LogP contribution < -0.4 is 10.1 Å². The SMILES string of the molecule is COc1ccc2[nH]c(CNC3CCOC3)cc2c1. The third-order valence-corrected chi connectivity index (χ3v) is 3.39. The maximum atomic E-state index is 5.35. The van der Waals surface area contributed by atoms with Crippen LogP contribution in [-0.4, -0.2) is 31.3 Å². The summed E-state index contributed by atoms with van der Waals surface area (Å²) in [6.45, 7) is 2.56. The Morgan fingerprint density at radius 3 is 3.17 bits per heavy atom. The van der Waals surface area contributed by atoms with E-state index in [0.717, 1.165) is 37.4 Å². The number of hydrogen-bond donors (Lipinski definition) is 2. The van der Waals surface area contributed by atoms with Gasteiger partial charge in [-0.1, -0.05) is 0 Å². The van der Waals surface area contributed by atoms with Crippen molar-refractivity contribution in [2.75, 3.05) is 20.3 Å². The molecule has 0 saturated carbocycles. The topological polar surface area (TPSA) is 46.3 Å². The molecule has 4 nitrogen and oxygen atoms in total. The van der Waals surface area contributed by atoms with Crippen LogP contribution in [-0.2, 0) is 11.3 Å². The number of H-pyrrole nitrogens is 1. The quantitative estimate of drug-likeness (QED) is 0.868. The van der Waals surface area contributed by atoms with Crippen molar-refractivity contribution >= 4 is 10.9 Å². The maximum Gasteiger partial charge on any atom is 0.119 e. The lowest BCUT2D eigenvalue weighted by Gasteiger charge is -2.08. The molecule has 4 heteroatoms. The highest BCUT2D eigenvalue weighted by atomic mass is 16.5. The molecule has 0 bridgehead atoms. The van der Waals surface area contributed by atoms with Crippen LogP contribution in [0.4, 0.5) is 0 Å². The average Bonchev–Trinajstić information content (AvgIpc) is 3.04. The van der Waals surface area contributed by atoms with Crippen LogP contribution in [0.5, 0.6) is 5.75 Å². The summed E-state index contributed by atoms with van der Waals surface area (Å²) in [6.07, 6.45) is 1.11. The average molecular weight is 246 g/mol. The number of benzene rings is 1. The van der Waals surface area contributed by atoms with Gasteiger partial charge >= 0.3 is 0 Å². The van der Waals surface area contributed by atoms with Gasteiger partial charge in [0.2, 0.25) is 0 Å². The lowest BCUT2D eigenvalue weighted by atomic mass is 10.2. The van der Waals surface area contributed by atoms with Gasteiger partial charge in [-0.05, 0) is 30.7 Å². The van der Waals surface area contributed by atoms with Gasteiger partial charge in [0.25, 0.3) is 0 Å². The van der Waals surface area contributed by atoms with E-state index in [-0.39, 0.29) is 0 Å². The molecule has 2 aromatic rings. The molecule has 0 radical (unpaired) electrons. The van der Waals surface area contributed by atoms with Crippen LogP contribution in [0.1, 0.15) is 12.1 Å². The van der Waals surface area contributed by atoms with Crippen LogP contribution in [0.3, 0.4) is 0 Å². The fraction of sp³-hybridized carbons (Fsp3) is 0.429. The maximum absolute atomic E-state index is 5.35. The summed E-state index contributed by atoms with van der Waals surface area (Å²) in [5.74, 6) is 0.894. The van der Waals surface area contributed by atoms with Crippen molar-refractivity contribution in [3.05, 3.63) is 30.0 Å². The molecule has 96 valence electrons. The summed E-state index contributed by atoms with van der Waals surface area (Å²) < 4.78 is 10.6. The highest BCUT2D eigenvalue weighted by Gasteiger charge is 2.14. The molecule has 0 amide bonds. The first kappa shape index (κ1) is 11.6. The third-order valence-electron chi connectivity index (χ3n) is 3.39. The molecule has 3 rings (SSSR count).